The highest BCUT2D eigenvalue weighted by Crippen LogP contribution is 2.31. The Balaban J connectivity index is 1.70. The first kappa shape index (κ1) is 22.1. The molecule has 0 saturated carbocycles. The molecule has 0 aliphatic carbocycles. The predicted molar refractivity (Wildman–Crippen MR) is 114 cm³/mol. The molecule has 5 nitrogen and oxygen atoms in total. The molecule has 3 aromatic rings. The summed E-state index contributed by atoms with van der Waals surface area (Å²) in [6.07, 6.45) is -2.78. The summed E-state index contributed by atoms with van der Waals surface area (Å²) >= 11 is 4.53. The quantitative estimate of drug-likeness (QED) is 0.339. The van der Waals surface area contributed by atoms with Gasteiger partial charge in [0.05, 0.1) is 11.3 Å². The van der Waals surface area contributed by atoms with E-state index < -0.39 is 17.6 Å². The zero-order chi connectivity index (χ0) is 21.7. The maximum atomic E-state index is 12.8. The molecule has 0 saturated heterocycles. The molecule has 10 heteroatoms. The van der Waals surface area contributed by atoms with Crippen molar-refractivity contribution in [2.45, 2.75) is 17.9 Å². The number of allylic oxidation sites excluding steroid dienone is 1. The molecule has 0 radical (unpaired) electrons. The molecule has 0 spiro atoms. The maximum absolute atomic E-state index is 12.8. The molecule has 0 fully saturated rings. The highest BCUT2D eigenvalue weighted by Gasteiger charge is 2.30. The lowest BCUT2D eigenvalue weighted by atomic mass is 10.2. The fourth-order valence-corrected chi connectivity index (χ4v) is 3.61. The van der Waals surface area contributed by atoms with Crippen molar-refractivity contribution in [1.82, 2.24) is 14.8 Å². The Morgan fingerprint density at radius 2 is 1.93 bits per heavy atom. The van der Waals surface area contributed by atoms with E-state index in [0.717, 1.165) is 33.9 Å². The SMILES string of the molecule is C=CCn1c(SCC(=O)Nc2cccc(C(F)(F)F)c2)nnc1-c1ccc(Br)cc1. The molecule has 1 aromatic heterocycles. The van der Waals surface area contributed by atoms with Gasteiger partial charge in [0.15, 0.2) is 11.0 Å². The van der Waals surface area contributed by atoms with Crippen LogP contribution in [0.2, 0.25) is 0 Å². The van der Waals surface area contributed by atoms with Crippen LogP contribution in [0.3, 0.4) is 0 Å². The lowest BCUT2D eigenvalue weighted by Gasteiger charge is -2.10. The number of benzene rings is 2. The summed E-state index contributed by atoms with van der Waals surface area (Å²) in [6, 6.07) is 12.1. The van der Waals surface area contributed by atoms with E-state index in [0.29, 0.717) is 17.5 Å². The first-order chi connectivity index (χ1) is 14.3. The molecule has 156 valence electrons. The van der Waals surface area contributed by atoms with Crippen molar-refractivity contribution in [3.8, 4) is 11.4 Å². The van der Waals surface area contributed by atoms with Crippen LogP contribution in [0.1, 0.15) is 5.56 Å². The van der Waals surface area contributed by atoms with Crippen LogP contribution in [-0.2, 0) is 17.5 Å². The third-order valence-corrected chi connectivity index (χ3v) is 5.43. The van der Waals surface area contributed by atoms with Crippen LogP contribution in [0.5, 0.6) is 0 Å². The van der Waals surface area contributed by atoms with Crippen LogP contribution in [-0.4, -0.2) is 26.4 Å². The number of nitrogens with one attached hydrogen (secondary N) is 1. The Hall–Kier alpha value is -2.59. The summed E-state index contributed by atoms with van der Waals surface area (Å²) in [5, 5.41) is 11.3. The molecule has 0 bridgehead atoms. The van der Waals surface area contributed by atoms with Crippen LogP contribution in [0.25, 0.3) is 11.4 Å². The first-order valence-electron chi connectivity index (χ1n) is 8.68. The molecule has 2 aromatic carbocycles. The molecule has 1 N–H and O–H groups in total. The second-order valence-corrected chi connectivity index (χ2v) is 7.99. The molecule has 30 heavy (non-hydrogen) atoms. The monoisotopic (exact) mass is 496 g/mol. The highest BCUT2D eigenvalue weighted by molar-refractivity contribution is 9.10. The van der Waals surface area contributed by atoms with E-state index in [9.17, 15) is 18.0 Å². The Morgan fingerprint density at radius 3 is 2.60 bits per heavy atom. The summed E-state index contributed by atoms with van der Waals surface area (Å²) in [7, 11) is 0. The zero-order valence-electron chi connectivity index (χ0n) is 15.5. The van der Waals surface area contributed by atoms with Gasteiger partial charge in [-0.3, -0.25) is 9.36 Å². The van der Waals surface area contributed by atoms with Crippen molar-refractivity contribution in [3.63, 3.8) is 0 Å². The van der Waals surface area contributed by atoms with Gasteiger partial charge in [0, 0.05) is 22.3 Å². The minimum Gasteiger partial charge on any atom is -0.325 e. The van der Waals surface area contributed by atoms with Crippen molar-refractivity contribution >= 4 is 39.3 Å². The topological polar surface area (TPSA) is 59.8 Å². The van der Waals surface area contributed by atoms with Gasteiger partial charge in [-0.15, -0.1) is 16.8 Å². The van der Waals surface area contributed by atoms with Gasteiger partial charge < -0.3 is 5.32 Å². The zero-order valence-corrected chi connectivity index (χ0v) is 17.9. The van der Waals surface area contributed by atoms with Crippen molar-refractivity contribution in [2.75, 3.05) is 11.1 Å². The third kappa shape index (κ3) is 5.51. The maximum Gasteiger partial charge on any atom is 0.416 e. The number of hydrogen-bond donors (Lipinski definition) is 1. The summed E-state index contributed by atoms with van der Waals surface area (Å²) in [4.78, 5) is 12.2. The van der Waals surface area contributed by atoms with Crippen LogP contribution in [0.15, 0.2) is 70.8 Å². The smallest absolute Gasteiger partial charge is 0.325 e. The molecule has 0 aliphatic heterocycles. The number of hydrogen-bond acceptors (Lipinski definition) is 4. The van der Waals surface area contributed by atoms with Gasteiger partial charge in [-0.2, -0.15) is 13.2 Å². The molecule has 0 aliphatic rings. The van der Waals surface area contributed by atoms with Crippen LogP contribution >= 0.6 is 27.7 Å². The van der Waals surface area contributed by atoms with E-state index in [-0.39, 0.29) is 11.4 Å². The average molecular weight is 497 g/mol. The van der Waals surface area contributed by atoms with E-state index in [2.05, 4.69) is 38.0 Å². The lowest BCUT2D eigenvalue weighted by Crippen LogP contribution is -2.15. The lowest BCUT2D eigenvalue weighted by molar-refractivity contribution is -0.137. The highest BCUT2D eigenvalue weighted by atomic mass is 79.9. The van der Waals surface area contributed by atoms with Crippen molar-refractivity contribution in [3.05, 3.63) is 71.2 Å². The molecular weight excluding hydrogens is 481 g/mol. The Labute approximate surface area is 183 Å². The number of amides is 1. The minimum atomic E-state index is -4.47. The van der Waals surface area contributed by atoms with E-state index in [1.807, 2.05) is 28.8 Å². The van der Waals surface area contributed by atoms with Gasteiger partial charge in [0.2, 0.25) is 5.91 Å². The fourth-order valence-electron chi connectivity index (χ4n) is 2.60. The van der Waals surface area contributed by atoms with E-state index >= 15 is 0 Å². The number of nitrogens with zero attached hydrogens (tertiary/aromatic N) is 3. The van der Waals surface area contributed by atoms with Gasteiger partial charge in [-0.1, -0.05) is 52.0 Å². The standard InChI is InChI=1S/C20H16BrF3N4OS/c1-2-10-28-18(13-6-8-15(21)9-7-13)26-27-19(28)30-12-17(29)25-16-5-3-4-14(11-16)20(22,23)24/h2-9,11H,1,10,12H2,(H,25,29). The molecule has 1 amide bonds. The van der Waals surface area contributed by atoms with Crippen LogP contribution < -0.4 is 5.32 Å². The van der Waals surface area contributed by atoms with Gasteiger partial charge in [0.25, 0.3) is 0 Å². The van der Waals surface area contributed by atoms with E-state index in [1.54, 1.807) is 6.08 Å². The van der Waals surface area contributed by atoms with Crippen molar-refractivity contribution in [2.24, 2.45) is 0 Å². The Kier molecular flexibility index (Phi) is 6.99. The van der Waals surface area contributed by atoms with Crippen molar-refractivity contribution in [1.29, 1.82) is 0 Å². The second-order valence-electron chi connectivity index (χ2n) is 6.13. The summed E-state index contributed by atoms with van der Waals surface area (Å²) in [5.74, 6) is 0.145. The van der Waals surface area contributed by atoms with Gasteiger partial charge in [-0.05, 0) is 30.3 Å². The minimum absolute atomic E-state index is 0.0359. The second kappa shape index (κ2) is 9.48. The number of thioether (sulfide) groups is 1. The number of aromatic nitrogens is 3. The van der Waals surface area contributed by atoms with Crippen LogP contribution in [0.4, 0.5) is 18.9 Å². The molecule has 3 rings (SSSR count). The summed E-state index contributed by atoms with van der Waals surface area (Å²) in [6.45, 7) is 4.18. The molecule has 0 unspecified atom stereocenters. The van der Waals surface area contributed by atoms with Crippen LogP contribution in [0, 0.1) is 0 Å². The summed E-state index contributed by atoms with van der Waals surface area (Å²) < 4.78 is 41.2. The normalized spacial score (nSPS) is 11.3. The number of anilines is 1. The first-order valence-corrected chi connectivity index (χ1v) is 10.5. The number of carbonyl (C=O) groups is 1. The molecule has 0 atom stereocenters. The van der Waals surface area contributed by atoms with Gasteiger partial charge in [0.1, 0.15) is 0 Å². The number of rotatable bonds is 7. The fraction of sp³-hybridized carbons (Fsp3) is 0.150. The summed E-state index contributed by atoms with van der Waals surface area (Å²) in [5.41, 5.74) is 0.115. The van der Waals surface area contributed by atoms with E-state index in [4.69, 9.17) is 0 Å². The van der Waals surface area contributed by atoms with Crippen molar-refractivity contribution < 1.29 is 18.0 Å². The average Bonchev–Trinajstić information content (AvgIpc) is 3.09. The molecule has 1 heterocycles. The van der Waals surface area contributed by atoms with Gasteiger partial charge >= 0.3 is 6.18 Å². The number of alkyl halides is 3. The largest absolute Gasteiger partial charge is 0.416 e. The third-order valence-electron chi connectivity index (χ3n) is 3.94. The predicted octanol–water partition coefficient (Wildman–Crippen LogP) is 5.64. The number of halogens is 4. The molecular formula is C20H16BrF3N4OS. The Morgan fingerprint density at radius 1 is 1.20 bits per heavy atom. The van der Waals surface area contributed by atoms with E-state index in [1.165, 1.54) is 12.1 Å². The number of carbonyl (C=O) groups excluding carboxylic acids is 1. The van der Waals surface area contributed by atoms with Gasteiger partial charge in [-0.25, -0.2) is 0 Å². The Bertz CT molecular complexity index is 1050.